The molecule has 0 saturated carbocycles. The lowest BCUT2D eigenvalue weighted by Crippen LogP contribution is -2.26. The lowest BCUT2D eigenvalue weighted by Gasteiger charge is -2.22. The van der Waals surface area contributed by atoms with Crippen LogP contribution in [0.25, 0.3) is 11.2 Å². The second kappa shape index (κ2) is 9.63. The smallest absolute Gasteiger partial charge is 0.156 e. The number of aromatic nitrogens is 3. The van der Waals surface area contributed by atoms with E-state index in [9.17, 15) is 0 Å². The van der Waals surface area contributed by atoms with Gasteiger partial charge < -0.3 is 20.4 Å². The van der Waals surface area contributed by atoms with E-state index in [1.807, 2.05) is 6.20 Å². The molecule has 1 atom stereocenters. The zero-order valence-electron chi connectivity index (χ0n) is 13.3. The molecule has 0 radical (unpaired) electrons. The highest BCUT2D eigenvalue weighted by Gasteiger charge is 2.21. The summed E-state index contributed by atoms with van der Waals surface area (Å²) in [5, 5.41) is 6.84. The van der Waals surface area contributed by atoms with Gasteiger partial charge in [0.15, 0.2) is 5.65 Å². The maximum atomic E-state index is 5.40. The minimum atomic E-state index is 0. The molecule has 0 amide bonds. The van der Waals surface area contributed by atoms with Crippen molar-refractivity contribution in [1.29, 1.82) is 0 Å². The number of piperidine rings is 1. The maximum Gasteiger partial charge on any atom is 0.156 e. The zero-order valence-corrected chi connectivity index (χ0v) is 15.7. The van der Waals surface area contributed by atoms with E-state index in [0.717, 1.165) is 49.7 Å². The van der Waals surface area contributed by atoms with Crippen molar-refractivity contribution in [2.45, 2.75) is 31.2 Å². The van der Waals surface area contributed by atoms with Crippen LogP contribution in [0, 0.1) is 0 Å². The summed E-state index contributed by atoms with van der Waals surface area (Å²) in [5.74, 6) is 1.44. The van der Waals surface area contributed by atoms with Crippen LogP contribution in [0.3, 0.4) is 0 Å². The summed E-state index contributed by atoms with van der Waals surface area (Å²) in [6.45, 7) is 3.76. The van der Waals surface area contributed by atoms with Crippen molar-refractivity contribution < 1.29 is 4.74 Å². The summed E-state index contributed by atoms with van der Waals surface area (Å²) in [5.41, 5.74) is 3.22. The van der Waals surface area contributed by atoms with E-state index in [4.69, 9.17) is 9.72 Å². The van der Waals surface area contributed by atoms with Gasteiger partial charge >= 0.3 is 0 Å². The molecule has 3 N–H and O–H groups in total. The third-order valence-corrected chi connectivity index (χ3v) is 4.47. The fraction of sp³-hybridized carbons (Fsp3) is 0.600. The van der Waals surface area contributed by atoms with Crippen LogP contribution in [-0.2, 0) is 4.74 Å². The number of hydrogen-bond donors (Lipinski definition) is 3. The number of nitrogens with one attached hydrogen (secondary N) is 3. The first-order chi connectivity index (χ1) is 10.4. The maximum absolute atomic E-state index is 5.40. The van der Waals surface area contributed by atoms with E-state index in [-0.39, 0.29) is 37.2 Å². The van der Waals surface area contributed by atoms with E-state index in [1.54, 1.807) is 0 Å². The highest BCUT2D eigenvalue weighted by atomic mass is 35.5. The minimum absolute atomic E-state index is 0. The van der Waals surface area contributed by atoms with E-state index < -0.39 is 0 Å². The molecule has 0 aromatic carbocycles. The van der Waals surface area contributed by atoms with Crippen LogP contribution in [0.5, 0.6) is 0 Å². The quantitative estimate of drug-likeness (QED) is 0.744. The van der Waals surface area contributed by atoms with Gasteiger partial charge in [0.05, 0.1) is 18.8 Å². The Hall–Kier alpha value is -0.790. The number of ether oxygens (including phenoxy) is 1. The van der Waals surface area contributed by atoms with Crippen molar-refractivity contribution in [3.63, 3.8) is 0 Å². The van der Waals surface area contributed by atoms with Gasteiger partial charge in [-0.15, -0.1) is 37.2 Å². The summed E-state index contributed by atoms with van der Waals surface area (Å²) in [4.78, 5) is 12.6. The summed E-state index contributed by atoms with van der Waals surface area (Å²) in [6, 6.07) is 0.359. The van der Waals surface area contributed by atoms with E-state index in [1.165, 1.54) is 18.4 Å². The molecule has 0 aliphatic carbocycles. The highest BCUT2D eigenvalue weighted by molar-refractivity contribution is 5.86. The van der Waals surface area contributed by atoms with Crippen LogP contribution >= 0.6 is 37.2 Å². The molecule has 6 nitrogen and oxygen atoms in total. The molecule has 24 heavy (non-hydrogen) atoms. The van der Waals surface area contributed by atoms with Crippen LogP contribution in [0.1, 0.15) is 30.7 Å². The molecule has 2 aromatic rings. The molecule has 0 unspecified atom stereocenters. The van der Waals surface area contributed by atoms with Crippen molar-refractivity contribution in [3.8, 4) is 0 Å². The topological polar surface area (TPSA) is 74.9 Å². The highest BCUT2D eigenvalue weighted by Crippen LogP contribution is 2.30. The molecule has 2 fully saturated rings. The van der Waals surface area contributed by atoms with E-state index in [0.29, 0.717) is 12.0 Å². The Labute approximate surface area is 160 Å². The molecule has 136 valence electrons. The second-order valence-electron chi connectivity index (χ2n) is 5.93. The Morgan fingerprint density at radius 3 is 2.62 bits per heavy atom. The minimum Gasteiger partial charge on any atom is -0.379 e. The first kappa shape index (κ1) is 21.3. The SMILES string of the molecule is Cl.Cl.Cl.c1nc2[nH]cc(C3CCNCC3)c2nc1N[C@@H]1CCOC1. The van der Waals surface area contributed by atoms with Crippen LogP contribution in [0.2, 0.25) is 0 Å². The molecule has 9 heteroatoms. The van der Waals surface area contributed by atoms with E-state index in [2.05, 4.69) is 26.8 Å². The van der Waals surface area contributed by atoms with Gasteiger partial charge in [0.1, 0.15) is 11.3 Å². The molecular weight excluding hydrogens is 373 g/mol. The van der Waals surface area contributed by atoms with Crippen LogP contribution in [0.4, 0.5) is 5.82 Å². The standard InChI is InChI=1S/C15H21N5O.3ClH/c1-4-16-5-2-10(1)12-7-17-15-14(12)20-13(8-18-15)19-11-3-6-21-9-11;;;/h7-8,10-11,16H,1-6,9H2,(H,17,18)(H,19,20);3*1H/t11-;;;/m1.../s1. The zero-order chi connectivity index (χ0) is 14.1. The van der Waals surface area contributed by atoms with E-state index >= 15 is 0 Å². The number of H-pyrrole nitrogens is 1. The van der Waals surface area contributed by atoms with Crippen molar-refractivity contribution in [1.82, 2.24) is 20.3 Å². The second-order valence-corrected chi connectivity index (χ2v) is 5.93. The van der Waals surface area contributed by atoms with Gasteiger partial charge in [-0.1, -0.05) is 0 Å². The predicted octanol–water partition coefficient (Wildman–Crippen LogP) is 2.89. The molecule has 0 spiro atoms. The van der Waals surface area contributed by atoms with Gasteiger partial charge in [-0.2, -0.15) is 0 Å². The first-order valence-electron chi connectivity index (χ1n) is 7.79. The molecule has 2 aliphatic rings. The number of anilines is 1. The number of rotatable bonds is 3. The summed E-state index contributed by atoms with van der Waals surface area (Å²) >= 11 is 0. The summed E-state index contributed by atoms with van der Waals surface area (Å²) < 4.78 is 5.40. The molecule has 2 aromatic heterocycles. The van der Waals surface area contributed by atoms with Crippen molar-refractivity contribution in [2.24, 2.45) is 0 Å². The Morgan fingerprint density at radius 1 is 1.12 bits per heavy atom. The number of fused-ring (bicyclic) bond motifs is 1. The van der Waals surface area contributed by atoms with Gasteiger partial charge in [0.25, 0.3) is 0 Å². The monoisotopic (exact) mass is 395 g/mol. The molecule has 4 rings (SSSR count). The van der Waals surface area contributed by atoms with Crippen molar-refractivity contribution in [3.05, 3.63) is 18.0 Å². The Bertz CT molecular complexity index is 627. The number of nitrogens with zero attached hydrogens (tertiary/aromatic N) is 2. The largest absolute Gasteiger partial charge is 0.379 e. The van der Waals surface area contributed by atoms with Gasteiger partial charge in [-0.05, 0) is 38.3 Å². The Balaban J connectivity index is 0.000000960. The fourth-order valence-electron chi connectivity index (χ4n) is 3.28. The van der Waals surface area contributed by atoms with Gasteiger partial charge in [-0.3, -0.25) is 0 Å². The number of halogens is 3. The number of aromatic amines is 1. The average Bonchev–Trinajstić information content (AvgIpc) is 3.17. The van der Waals surface area contributed by atoms with Gasteiger partial charge in [-0.25, -0.2) is 9.97 Å². The lowest BCUT2D eigenvalue weighted by molar-refractivity contribution is 0.195. The third-order valence-electron chi connectivity index (χ3n) is 4.47. The average molecular weight is 397 g/mol. The first-order valence-corrected chi connectivity index (χ1v) is 7.79. The van der Waals surface area contributed by atoms with Gasteiger partial charge in [0, 0.05) is 18.4 Å². The number of hydrogen-bond acceptors (Lipinski definition) is 5. The lowest BCUT2D eigenvalue weighted by atomic mass is 9.91. The molecule has 2 aliphatic heterocycles. The normalized spacial score (nSPS) is 20.8. The molecule has 4 heterocycles. The van der Waals surface area contributed by atoms with Crippen LogP contribution in [-0.4, -0.2) is 47.3 Å². The van der Waals surface area contributed by atoms with Crippen molar-refractivity contribution in [2.75, 3.05) is 31.6 Å². The van der Waals surface area contributed by atoms with Crippen LogP contribution < -0.4 is 10.6 Å². The van der Waals surface area contributed by atoms with Gasteiger partial charge in [0.2, 0.25) is 0 Å². The summed E-state index contributed by atoms with van der Waals surface area (Å²) in [6.07, 6.45) is 7.27. The molecule has 2 saturated heterocycles. The summed E-state index contributed by atoms with van der Waals surface area (Å²) in [7, 11) is 0. The Morgan fingerprint density at radius 2 is 1.92 bits per heavy atom. The molecule has 0 bridgehead atoms. The molecular formula is C15H24Cl3N5O. The van der Waals surface area contributed by atoms with Crippen LogP contribution in [0.15, 0.2) is 12.4 Å². The third kappa shape index (κ3) is 4.43. The predicted molar refractivity (Wildman–Crippen MR) is 103 cm³/mol. The van der Waals surface area contributed by atoms with Crippen molar-refractivity contribution >= 4 is 54.2 Å². The fourth-order valence-corrected chi connectivity index (χ4v) is 3.28. The Kier molecular flexibility index (Phi) is 8.53.